The van der Waals surface area contributed by atoms with Gasteiger partial charge in [0.1, 0.15) is 6.04 Å². The van der Waals surface area contributed by atoms with Gasteiger partial charge in [-0.05, 0) is 0 Å². The zero-order valence-electron chi connectivity index (χ0n) is 10.6. The molecule has 0 aromatic rings. The summed E-state index contributed by atoms with van der Waals surface area (Å²) in [6.07, 6.45) is 1.06. The van der Waals surface area contributed by atoms with Crippen molar-refractivity contribution in [3.8, 4) is 0 Å². The number of nitrogens with one attached hydrogen (secondary N) is 3. The molecular formula is C9H19N3O5S. The zero-order valence-corrected chi connectivity index (χ0v) is 11.5. The molecule has 0 aromatic carbocycles. The highest BCUT2D eigenvalue weighted by molar-refractivity contribution is 7.88. The maximum Gasteiger partial charge on any atom is 0.329 e. The number of sulfonamides is 1. The van der Waals surface area contributed by atoms with E-state index >= 15 is 0 Å². The van der Waals surface area contributed by atoms with E-state index in [-0.39, 0.29) is 19.0 Å². The molecule has 0 radical (unpaired) electrons. The van der Waals surface area contributed by atoms with Gasteiger partial charge in [-0.25, -0.2) is 17.9 Å². The maximum atomic E-state index is 11.3. The summed E-state index contributed by atoms with van der Waals surface area (Å²) in [6.45, 7) is 1.99. The van der Waals surface area contributed by atoms with Gasteiger partial charge in [0.15, 0.2) is 0 Å². The highest BCUT2D eigenvalue weighted by Crippen LogP contribution is 1.86. The van der Waals surface area contributed by atoms with Crippen LogP contribution in [0.15, 0.2) is 0 Å². The Bertz CT molecular complexity index is 382. The van der Waals surface area contributed by atoms with Crippen molar-refractivity contribution < 1.29 is 22.7 Å². The lowest BCUT2D eigenvalue weighted by Gasteiger charge is -2.16. The number of carbonyl (C=O) groups excluding carboxylic acids is 2. The summed E-state index contributed by atoms with van der Waals surface area (Å²) in [4.78, 5) is 22.1. The Labute approximate surface area is 107 Å². The number of ether oxygens (including phenoxy) is 1. The molecule has 0 spiro atoms. The van der Waals surface area contributed by atoms with Crippen molar-refractivity contribution in [2.45, 2.75) is 13.0 Å². The van der Waals surface area contributed by atoms with Crippen molar-refractivity contribution in [3.63, 3.8) is 0 Å². The van der Waals surface area contributed by atoms with E-state index in [1.807, 2.05) is 0 Å². The summed E-state index contributed by atoms with van der Waals surface area (Å²) in [6, 6.07) is -0.786. The lowest BCUT2D eigenvalue weighted by Crippen LogP contribution is -2.48. The van der Waals surface area contributed by atoms with Crippen molar-refractivity contribution >= 4 is 21.9 Å². The predicted octanol–water partition coefficient (Wildman–Crippen LogP) is -2.20. The van der Waals surface area contributed by atoms with Crippen molar-refractivity contribution in [3.05, 3.63) is 0 Å². The van der Waals surface area contributed by atoms with Gasteiger partial charge in [0, 0.05) is 26.6 Å². The number of rotatable bonds is 8. The summed E-state index contributed by atoms with van der Waals surface area (Å²) in [7, 11) is -1.99. The van der Waals surface area contributed by atoms with Gasteiger partial charge in [-0.2, -0.15) is 0 Å². The zero-order chi connectivity index (χ0) is 14.2. The average Bonchev–Trinajstić information content (AvgIpc) is 2.24. The van der Waals surface area contributed by atoms with E-state index in [0.29, 0.717) is 6.54 Å². The maximum absolute atomic E-state index is 11.3. The molecule has 0 fully saturated rings. The topological polar surface area (TPSA) is 114 Å². The van der Waals surface area contributed by atoms with Crippen LogP contribution in [0.1, 0.15) is 6.92 Å². The molecule has 0 aliphatic carbocycles. The predicted molar refractivity (Wildman–Crippen MR) is 65.3 cm³/mol. The lowest BCUT2D eigenvalue weighted by atomic mass is 10.3. The summed E-state index contributed by atoms with van der Waals surface area (Å²) in [5.41, 5.74) is 0. The van der Waals surface area contributed by atoms with E-state index < -0.39 is 22.0 Å². The summed E-state index contributed by atoms with van der Waals surface area (Å²) in [5, 5.41) is 5.26. The minimum absolute atomic E-state index is 0.164. The minimum atomic E-state index is -3.22. The molecule has 0 saturated carbocycles. The van der Waals surface area contributed by atoms with E-state index in [1.54, 1.807) is 0 Å². The average molecular weight is 281 g/mol. The molecule has 0 rings (SSSR count). The molecule has 0 saturated heterocycles. The van der Waals surface area contributed by atoms with Crippen molar-refractivity contribution in [1.29, 1.82) is 0 Å². The molecule has 0 aliphatic rings. The Hall–Kier alpha value is -1.19. The van der Waals surface area contributed by atoms with Crippen molar-refractivity contribution in [2.75, 3.05) is 33.0 Å². The Morgan fingerprint density at radius 3 is 2.33 bits per heavy atom. The van der Waals surface area contributed by atoms with Crippen LogP contribution in [0.3, 0.4) is 0 Å². The SMILES string of the molecule is COC(=O)C(CNCCNS(C)(=O)=O)NC(C)=O. The highest BCUT2D eigenvalue weighted by atomic mass is 32.2. The third-order valence-electron chi connectivity index (χ3n) is 1.88. The first-order chi connectivity index (χ1) is 8.26. The molecule has 0 aromatic heterocycles. The van der Waals surface area contributed by atoms with Gasteiger partial charge in [0.05, 0.1) is 13.4 Å². The van der Waals surface area contributed by atoms with Gasteiger partial charge in [-0.3, -0.25) is 4.79 Å². The smallest absolute Gasteiger partial charge is 0.329 e. The van der Waals surface area contributed by atoms with Crippen LogP contribution in [0.5, 0.6) is 0 Å². The monoisotopic (exact) mass is 281 g/mol. The normalized spacial score (nSPS) is 12.8. The fourth-order valence-corrected chi connectivity index (χ4v) is 1.62. The first kappa shape index (κ1) is 16.8. The molecule has 106 valence electrons. The largest absolute Gasteiger partial charge is 0.467 e. The van der Waals surface area contributed by atoms with Gasteiger partial charge >= 0.3 is 5.97 Å². The van der Waals surface area contributed by atoms with E-state index in [0.717, 1.165) is 6.26 Å². The summed E-state index contributed by atoms with van der Waals surface area (Å²) >= 11 is 0. The summed E-state index contributed by atoms with van der Waals surface area (Å²) in [5.74, 6) is -0.907. The first-order valence-corrected chi connectivity index (χ1v) is 7.15. The molecular weight excluding hydrogens is 262 g/mol. The lowest BCUT2D eigenvalue weighted by molar-refractivity contribution is -0.144. The second kappa shape index (κ2) is 8.01. The molecule has 1 amide bonds. The van der Waals surface area contributed by atoms with Crippen LogP contribution >= 0.6 is 0 Å². The van der Waals surface area contributed by atoms with Gasteiger partial charge in [0.25, 0.3) is 0 Å². The fraction of sp³-hybridized carbons (Fsp3) is 0.778. The van der Waals surface area contributed by atoms with Crippen LogP contribution < -0.4 is 15.4 Å². The van der Waals surface area contributed by atoms with Crippen molar-refractivity contribution in [2.24, 2.45) is 0 Å². The number of hydrogen-bond acceptors (Lipinski definition) is 6. The van der Waals surface area contributed by atoms with Crippen LogP contribution in [-0.4, -0.2) is 59.3 Å². The molecule has 8 nitrogen and oxygen atoms in total. The number of amides is 1. The Morgan fingerprint density at radius 2 is 1.89 bits per heavy atom. The Kier molecular flexibility index (Phi) is 7.48. The highest BCUT2D eigenvalue weighted by Gasteiger charge is 2.19. The standard InChI is InChI=1S/C9H19N3O5S/c1-7(13)12-8(9(14)17-2)6-10-4-5-11-18(3,15)16/h8,10-11H,4-6H2,1-3H3,(H,12,13). The third-order valence-corrected chi connectivity index (χ3v) is 2.61. The second-order valence-electron chi connectivity index (χ2n) is 3.65. The van der Waals surface area contributed by atoms with E-state index in [4.69, 9.17) is 0 Å². The van der Waals surface area contributed by atoms with Crippen LogP contribution in [0, 0.1) is 0 Å². The Balaban J connectivity index is 3.97. The quantitative estimate of drug-likeness (QED) is 0.344. The number of esters is 1. The minimum Gasteiger partial charge on any atom is -0.467 e. The first-order valence-electron chi connectivity index (χ1n) is 5.26. The molecule has 9 heteroatoms. The molecule has 1 atom stereocenters. The van der Waals surface area contributed by atoms with Crippen LogP contribution in [0.4, 0.5) is 0 Å². The van der Waals surface area contributed by atoms with Gasteiger partial charge < -0.3 is 15.4 Å². The van der Waals surface area contributed by atoms with Gasteiger partial charge in [-0.15, -0.1) is 0 Å². The number of methoxy groups -OCH3 is 1. The molecule has 0 aliphatic heterocycles. The number of hydrogen-bond donors (Lipinski definition) is 3. The Morgan fingerprint density at radius 1 is 1.28 bits per heavy atom. The second-order valence-corrected chi connectivity index (χ2v) is 5.48. The van der Waals surface area contributed by atoms with Gasteiger partial charge in [-0.1, -0.05) is 0 Å². The van der Waals surface area contributed by atoms with E-state index in [9.17, 15) is 18.0 Å². The molecule has 0 heterocycles. The molecule has 18 heavy (non-hydrogen) atoms. The third kappa shape index (κ3) is 8.90. The molecule has 0 bridgehead atoms. The van der Waals surface area contributed by atoms with Gasteiger partial charge in [0.2, 0.25) is 15.9 Å². The van der Waals surface area contributed by atoms with Crippen LogP contribution in [-0.2, 0) is 24.3 Å². The van der Waals surface area contributed by atoms with Crippen molar-refractivity contribution in [1.82, 2.24) is 15.4 Å². The van der Waals surface area contributed by atoms with Crippen LogP contribution in [0.2, 0.25) is 0 Å². The number of carbonyl (C=O) groups is 2. The van der Waals surface area contributed by atoms with E-state index in [1.165, 1.54) is 14.0 Å². The molecule has 1 unspecified atom stereocenters. The van der Waals surface area contributed by atoms with Crippen LogP contribution in [0.25, 0.3) is 0 Å². The van der Waals surface area contributed by atoms with E-state index in [2.05, 4.69) is 20.1 Å². The summed E-state index contributed by atoms with van der Waals surface area (Å²) < 4.78 is 28.3. The fourth-order valence-electron chi connectivity index (χ4n) is 1.15. The molecule has 3 N–H and O–H groups in total.